The van der Waals surface area contributed by atoms with E-state index >= 15 is 0 Å². The van der Waals surface area contributed by atoms with Gasteiger partial charge in [0.2, 0.25) is 0 Å². The first-order valence-electron chi connectivity index (χ1n) is 3.53. The van der Waals surface area contributed by atoms with Crippen LogP contribution >= 0.6 is 15.9 Å². The van der Waals surface area contributed by atoms with Crippen LogP contribution < -0.4 is 0 Å². The molecule has 0 N–H and O–H groups in total. The summed E-state index contributed by atoms with van der Waals surface area (Å²) in [4.78, 5) is 0.921. The van der Waals surface area contributed by atoms with Gasteiger partial charge in [0.1, 0.15) is 0 Å². The minimum atomic E-state index is 0.921. The second kappa shape index (κ2) is 1.73. The normalized spacial score (nSPS) is 52.9. The first-order chi connectivity index (χ1) is 3.89. The van der Waals surface area contributed by atoms with E-state index in [4.69, 9.17) is 0 Å². The van der Waals surface area contributed by atoms with Gasteiger partial charge in [0, 0.05) is 4.83 Å². The number of alkyl halides is 1. The number of rotatable bonds is 0. The third kappa shape index (κ3) is 0.637. The summed E-state index contributed by atoms with van der Waals surface area (Å²) < 4.78 is 0. The highest BCUT2D eigenvalue weighted by Crippen LogP contribution is 2.54. The Labute approximate surface area is 58.8 Å². The smallest absolute Gasteiger partial charge is 0.0208 e. The molecule has 8 heavy (non-hydrogen) atoms. The molecule has 0 amide bonds. The van der Waals surface area contributed by atoms with Crippen molar-refractivity contribution in [2.45, 2.75) is 30.5 Å². The van der Waals surface area contributed by atoms with Gasteiger partial charge in [-0.25, -0.2) is 0 Å². The molecule has 1 unspecified atom stereocenters. The van der Waals surface area contributed by atoms with Crippen molar-refractivity contribution in [2.24, 2.45) is 11.8 Å². The maximum atomic E-state index is 3.68. The standard InChI is InChI=1S/C7H11Br/c8-7-5-3-1-2-4-6(5)7/h5-7H,1-4H2/t5-,6+,7?. The molecule has 0 heterocycles. The lowest BCUT2D eigenvalue weighted by Gasteiger charge is -2.04. The minimum absolute atomic E-state index is 0.921. The Balaban J connectivity index is 1.97. The number of hydrogen-bond acceptors (Lipinski definition) is 0. The van der Waals surface area contributed by atoms with Crippen LogP contribution in [0.15, 0.2) is 0 Å². The minimum Gasteiger partial charge on any atom is -0.0884 e. The topological polar surface area (TPSA) is 0 Å². The average Bonchev–Trinajstić information content (AvgIpc) is 2.46. The van der Waals surface area contributed by atoms with Gasteiger partial charge in [-0.05, 0) is 24.7 Å². The molecule has 0 aromatic heterocycles. The van der Waals surface area contributed by atoms with Crippen molar-refractivity contribution >= 4 is 15.9 Å². The van der Waals surface area contributed by atoms with Crippen LogP contribution in [0.4, 0.5) is 0 Å². The van der Waals surface area contributed by atoms with E-state index in [2.05, 4.69) is 15.9 Å². The molecule has 0 aromatic carbocycles. The molecular formula is C7H11Br. The molecule has 2 aliphatic rings. The van der Waals surface area contributed by atoms with Crippen LogP contribution in [-0.2, 0) is 0 Å². The van der Waals surface area contributed by atoms with Gasteiger partial charge in [-0.15, -0.1) is 0 Å². The van der Waals surface area contributed by atoms with Gasteiger partial charge in [0.05, 0.1) is 0 Å². The first-order valence-corrected chi connectivity index (χ1v) is 4.45. The largest absolute Gasteiger partial charge is 0.0884 e. The maximum Gasteiger partial charge on any atom is 0.0208 e. The van der Waals surface area contributed by atoms with Crippen LogP contribution in [0, 0.1) is 11.8 Å². The molecule has 0 bridgehead atoms. The summed E-state index contributed by atoms with van der Waals surface area (Å²) in [5.41, 5.74) is 0. The Bertz CT molecular complexity index is 88.6. The van der Waals surface area contributed by atoms with Gasteiger partial charge in [0.25, 0.3) is 0 Å². The quantitative estimate of drug-likeness (QED) is 0.496. The predicted octanol–water partition coefficient (Wildman–Crippen LogP) is 2.57. The molecule has 0 saturated heterocycles. The van der Waals surface area contributed by atoms with Crippen LogP contribution in [-0.4, -0.2) is 4.83 Å². The monoisotopic (exact) mass is 174 g/mol. The van der Waals surface area contributed by atoms with E-state index in [0.29, 0.717) is 0 Å². The van der Waals surface area contributed by atoms with Gasteiger partial charge < -0.3 is 0 Å². The van der Waals surface area contributed by atoms with E-state index in [0.717, 1.165) is 16.7 Å². The van der Waals surface area contributed by atoms with Crippen LogP contribution in [0.2, 0.25) is 0 Å². The third-order valence-electron chi connectivity index (χ3n) is 2.55. The fourth-order valence-electron chi connectivity index (χ4n) is 1.90. The number of fused-ring (bicyclic) bond motifs is 1. The van der Waals surface area contributed by atoms with Crippen LogP contribution in [0.3, 0.4) is 0 Å². The van der Waals surface area contributed by atoms with Crippen molar-refractivity contribution in [2.75, 3.05) is 0 Å². The Kier molecular flexibility index (Phi) is 1.14. The van der Waals surface area contributed by atoms with Crippen LogP contribution in [0.25, 0.3) is 0 Å². The summed E-state index contributed by atoms with van der Waals surface area (Å²) in [6.45, 7) is 0. The van der Waals surface area contributed by atoms with Gasteiger partial charge in [-0.2, -0.15) is 0 Å². The van der Waals surface area contributed by atoms with E-state index in [-0.39, 0.29) is 0 Å². The lowest BCUT2D eigenvalue weighted by atomic mass is 10.0. The van der Waals surface area contributed by atoms with E-state index in [1.54, 1.807) is 0 Å². The van der Waals surface area contributed by atoms with Gasteiger partial charge >= 0.3 is 0 Å². The molecule has 0 nitrogen and oxygen atoms in total. The van der Waals surface area contributed by atoms with Gasteiger partial charge in [-0.1, -0.05) is 28.8 Å². The number of hydrogen-bond donors (Lipinski definition) is 0. The Morgan fingerprint density at radius 1 is 1.00 bits per heavy atom. The summed E-state index contributed by atoms with van der Waals surface area (Å²) >= 11 is 3.68. The van der Waals surface area contributed by atoms with Crippen molar-refractivity contribution in [1.82, 2.24) is 0 Å². The zero-order valence-electron chi connectivity index (χ0n) is 4.94. The lowest BCUT2D eigenvalue weighted by molar-refractivity contribution is 0.480. The van der Waals surface area contributed by atoms with Crippen molar-refractivity contribution in [3.8, 4) is 0 Å². The van der Waals surface area contributed by atoms with Gasteiger partial charge in [-0.3, -0.25) is 0 Å². The molecule has 46 valence electrons. The molecule has 0 spiro atoms. The molecule has 3 atom stereocenters. The zero-order valence-corrected chi connectivity index (χ0v) is 6.52. The summed E-state index contributed by atoms with van der Waals surface area (Å²) in [5, 5.41) is 0. The SMILES string of the molecule is BrC1[C@H]2CCCC[C@@H]12. The van der Waals surface area contributed by atoms with E-state index in [1.165, 1.54) is 25.7 Å². The molecule has 2 saturated carbocycles. The maximum absolute atomic E-state index is 3.68. The van der Waals surface area contributed by atoms with Crippen LogP contribution in [0.1, 0.15) is 25.7 Å². The van der Waals surface area contributed by atoms with E-state index < -0.39 is 0 Å². The summed E-state index contributed by atoms with van der Waals surface area (Å²) in [6.07, 6.45) is 5.98. The fraction of sp³-hybridized carbons (Fsp3) is 1.00. The molecule has 2 fully saturated rings. The zero-order chi connectivity index (χ0) is 5.56. The molecule has 0 radical (unpaired) electrons. The highest BCUT2D eigenvalue weighted by atomic mass is 79.9. The lowest BCUT2D eigenvalue weighted by Crippen LogP contribution is -1.91. The van der Waals surface area contributed by atoms with Crippen molar-refractivity contribution in [3.63, 3.8) is 0 Å². The number of halogens is 1. The Morgan fingerprint density at radius 2 is 1.50 bits per heavy atom. The highest BCUT2D eigenvalue weighted by Gasteiger charge is 2.48. The molecule has 2 rings (SSSR count). The van der Waals surface area contributed by atoms with Gasteiger partial charge in [0.15, 0.2) is 0 Å². The molecule has 0 aromatic rings. The summed E-state index contributed by atoms with van der Waals surface area (Å²) in [5.74, 6) is 2.17. The predicted molar refractivity (Wildman–Crippen MR) is 38.2 cm³/mol. The second-order valence-electron chi connectivity index (χ2n) is 3.06. The first kappa shape index (κ1) is 5.28. The van der Waals surface area contributed by atoms with Crippen LogP contribution in [0.5, 0.6) is 0 Å². The molecule has 2 aliphatic carbocycles. The second-order valence-corrected chi connectivity index (χ2v) is 4.11. The van der Waals surface area contributed by atoms with E-state index in [9.17, 15) is 0 Å². The molecule has 1 heteroatoms. The average molecular weight is 175 g/mol. The van der Waals surface area contributed by atoms with E-state index in [1.807, 2.05) is 0 Å². The Hall–Kier alpha value is 0.480. The molecule has 0 aliphatic heterocycles. The van der Waals surface area contributed by atoms with Crippen molar-refractivity contribution < 1.29 is 0 Å². The summed E-state index contributed by atoms with van der Waals surface area (Å²) in [7, 11) is 0. The molecular weight excluding hydrogens is 164 g/mol. The Morgan fingerprint density at radius 3 is 1.88 bits per heavy atom. The highest BCUT2D eigenvalue weighted by molar-refractivity contribution is 9.09. The van der Waals surface area contributed by atoms with Crippen molar-refractivity contribution in [1.29, 1.82) is 0 Å². The van der Waals surface area contributed by atoms with Crippen molar-refractivity contribution in [3.05, 3.63) is 0 Å². The summed E-state index contributed by atoms with van der Waals surface area (Å²) in [6, 6.07) is 0. The fourth-order valence-corrected chi connectivity index (χ4v) is 3.04. The third-order valence-corrected chi connectivity index (χ3v) is 3.91.